The van der Waals surface area contributed by atoms with Crippen molar-refractivity contribution in [2.75, 3.05) is 5.32 Å². The van der Waals surface area contributed by atoms with Crippen LogP contribution in [0, 0.1) is 20.8 Å². The first-order valence-electron chi connectivity index (χ1n) is 8.99. The van der Waals surface area contributed by atoms with Crippen LogP contribution >= 0.6 is 0 Å². The summed E-state index contributed by atoms with van der Waals surface area (Å²) in [5, 5.41) is 8.55. The minimum Gasteiger partial charge on any atom is -0.311 e. The number of carbonyl (C=O) groups is 1. The lowest BCUT2D eigenvalue weighted by Gasteiger charge is -2.11. The van der Waals surface area contributed by atoms with Crippen LogP contribution in [0.5, 0.6) is 0 Å². The molecule has 0 fully saturated rings. The van der Waals surface area contributed by atoms with Crippen LogP contribution in [0.2, 0.25) is 0 Å². The summed E-state index contributed by atoms with van der Waals surface area (Å²) in [7, 11) is 0. The van der Waals surface area contributed by atoms with Crippen molar-refractivity contribution in [3.63, 3.8) is 0 Å². The van der Waals surface area contributed by atoms with Gasteiger partial charge in [-0.1, -0.05) is 18.2 Å². The van der Waals surface area contributed by atoms with Crippen LogP contribution in [0.1, 0.15) is 28.9 Å². The van der Waals surface area contributed by atoms with Crippen molar-refractivity contribution in [2.45, 2.75) is 33.6 Å². The lowest BCUT2D eigenvalue weighted by Crippen LogP contribution is -2.15. The lowest BCUT2D eigenvalue weighted by atomic mass is 10.1. The Bertz CT molecular complexity index is 1140. The second kappa shape index (κ2) is 6.79. The number of benzene rings is 1. The summed E-state index contributed by atoms with van der Waals surface area (Å²) in [4.78, 5) is 21.3. The van der Waals surface area contributed by atoms with E-state index in [0.717, 1.165) is 39.1 Å². The summed E-state index contributed by atoms with van der Waals surface area (Å²) in [6.45, 7) is 5.98. The van der Waals surface area contributed by atoms with Crippen molar-refractivity contribution in [2.24, 2.45) is 0 Å². The fraction of sp³-hybridized carbons (Fsp3) is 0.238. The molecule has 4 rings (SSSR count). The number of aromatic nitrogens is 4. The number of pyridine rings is 1. The minimum atomic E-state index is -0.0594. The van der Waals surface area contributed by atoms with Crippen LogP contribution in [0.3, 0.4) is 0 Å². The van der Waals surface area contributed by atoms with Gasteiger partial charge in [0.05, 0.1) is 5.52 Å². The number of aryl methyl sites for hydroxylation is 3. The van der Waals surface area contributed by atoms with Gasteiger partial charge in [-0.2, -0.15) is 5.10 Å². The highest BCUT2D eigenvalue weighted by Crippen LogP contribution is 2.23. The smallest absolute Gasteiger partial charge is 0.225 e. The van der Waals surface area contributed by atoms with E-state index in [2.05, 4.69) is 15.4 Å². The van der Waals surface area contributed by atoms with E-state index < -0.39 is 0 Å². The summed E-state index contributed by atoms with van der Waals surface area (Å²) in [6.07, 6.45) is 2.71. The predicted molar refractivity (Wildman–Crippen MR) is 106 cm³/mol. The van der Waals surface area contributed by atoms with Crippen molar-refractivity contribution >= 4 is 28.3 Å². The Kier molecular flexibility index (Phi) is 4.32. The number of amides is 1. The van der Waals surface area contributed by atoms with E-state index in [1.54, 1.807) is 6.20 Å². The largest absolute Gasteiger partial charge is 0.311 e. The van der Waals surface area contributed by atoms with Gasteiger partial charge in [0.1, 0.15) is 5.82 Å². The van der Waals surface area contributed by atoms with Gasteiger partial charge < -0.3 is 5.32 Å². The second-order valence-corrected chi connectivity index (χ2v) is 6.78. The molecule has 0 atom stereocenters. The van der Waals surface area contributed by atoms with E-state index in [0.29, 0.717) is 18.7 Å². The molecule has 0 aliphatic heterocycles. The van der Waals surface area contributed by atoms with Gasteiger partial charge in [0.15, 0.2) is 5.65 Å². The number of hydrogen-bond acceptors (Lipinski definition) is 4. The van der Waals surface area contributed by atoms with Crippen LogP contribution < -0.4 is 5.32 Å². The van der Waals surface area contributed by atoms with Crippen LogP contribution in [0.15, 0.2) is 42.6 Å². The van der Waals surface area contributed by atoms with Gasteiger partial charge in [0.25, 0.3) is 0 Å². The molecule has 0 saturated carbocycles. The van der Waals surface area contributed by atoms with E-state index in [9.17, 15) is 4.79 Å². The average Bonchev–Trinajstić information content (AvgIpc) is 3.02. The number of rotatable bonds is 4. The SMILES string of the molecule is Cc1ccc(NC(=O)CCc2c(C)nc3c4ccccc4nn3c2C)nc1. The van der Waals surface area contributed by atoms with Gasteiger partial charge in [-0.3, -0.25) is 4.79 Å². The Morgan fingerprint density at radius 3 is 2.70 bits per heavy atom. The number of nitrogens with one attached hydrogen (secondary N) is 1. The Morgan fingerprint density at radius 1 is 1.11 bits per heavy atom. The van der Waals surface area contributed by atoms with E-state index >= 15 is 0 Å². The Hall–Kier alpha value is -3.28. The molecule has 27 heavy (non-hydrogen) atoms. The van der Waals surface area contributed by atoms with E-state index in [1.165, 1.54) is 0 Å². The highest BCUT2D eigenvalue weighted by molar-refractivity contribution is 5.92. The first-order chi connectivity index (χ1) is 13.0. The molecule has 0 bridgehead atoms. The Labute approximate surface area is 157 Å². The zero-order chi connectivity index (χ0) is 19.0. The fourth-order valence-electron chi connectivity index (χ4n) is 3.32. The monoisotopic (exact) mass is 359 g/mol. The third-order valence-corrected chi connectivity index (χ3v) is 4.80. The number of hydrogen-bond donors (Lipinski definition) is 1. The van der Waals surface area contributed by atoms with Gasteiger partial charge in [-0.05, 0) is 56.5 Å². The molecule has 1 aromatic carbocycles. The molecular formula is C21H21N5O. The van der Waals surface area contributed by atoms with Gasteiger partial charge in [0.2, 0.25) is 5.91 Å². The molecule has 0 aliphatic carbocycles. The number of carbonyl (C=O) groups excluding carboxylic acids is 1. The van der Waals surface area contributed by atoms with Crippen LogP contribution in [0.25, 0.3) is 16.6 Å². The summed E-state index contributed by atoms with van der Waals surface area (Å²) in [6, 6.07) is 11.7. The molecule has 6 heteroatoms. The van der Waals surface area contributed by atoms with Crippen molar-refractivity contribution in [1.82, 2.24) is 19.6 Å². The Morgan fingerprint density at radius 2 is 1.93 bits per heavy atom. The first kappa shape index (κ1) is 17.1. The fourth-order valence-corrected chi connectivity index (χ4v) is 3.32. The molecule has 0 aliphatic rings. The van der Waals surface area contributed by atoms with Crippen LogP contribution in [-0.2, 0) is 11.2 Å². The zero-order valence-electron chi connectivity index (χ0n) is 15.7. The standard InChI is InChI=1S/C21H21N5O/c1-13-8-10-19(22-12-13)24-20(27)11-9-16-14(2)23-21-17-6-4-5-7-18(17)25-26(21)15(16)3/h4-8,10,12H,9,11H2,1-3H3,(H,22,24,27). The summed E-state index contributed by atoms with van der Waals surface area (Å²) in [5.41, 5.74) is 5.86. The highest BCUT2D eigenvalue weighted by Gasteiger charge is 2.15. The van der Waals surface area contributed by atoms with Crippen molar-refractivity contribution in [3.05, 3.63) is 65.1 Å². The maximum Gasteiger partial charge on any atom is 0.225 e. The molecule has 1 amide bonds. The molecule has 136 valence electrons. The summed E-state index contributed by atoms with van der Waals surface area (Å²) in [5.74, 6) is 0.516. The topological polar surface area (TPSA) is 72.2 Å². The lowest BCUT2D eigenvalue weighted by molar-refractivity contribution is -0.116. The quantitative estimate of drug-likeness (QED) is 0.602. The summed E-state index contributed by atoms with van der Waals surface area (Å²) < 4.78 is 1.88. The normalized spacial score (nSPS) is 11.2. The molecule has 0 spiro atoms. The molecule has 6 nitrogen and oxygen atoms in total. The number of nitrogens with zero attached hydrogens (tertiary/aromatic N) is 4. The first-order valence-corrected chi connectivity index (χ1v) is 8.99. The van der Waals surface area contributed by atoms with Gasteiger partial charge in [0, 0.05) is 29.4 Å². The van der Waals surface area contributed by atoms with Crippen LogP contribution in [0.4, 0.5) is 5.82 Å². The van der Waals surface area contributed by atoms with E-state index in [-0.39, 0.29) is 5.91 Å². The maximum absolute atomic E-state index is 12.3. The minimum absolute atomic E-state index is 0.0594. The van der Waals surface area contributed by atoms with Crippen LogP contribution in [-0.4, -0.2) is 25.5 Å². The molecule has 0 saturated heterocycles. The molecule has 0 unspecified atom stereocenters. The molecule has 4 aromatic rings. The zero-order valence-corrected chi connectivity index (χ0v) is 15.7. The van der Waals surface area contributed by atoms with Gasteiger partial charge in [-0.15, -0.1) is 0 Å². The van der Waals surface area contributed by atoms with Gasteiger partial charge in [-0.25, -0.2) is 14.5 Å². The van der Waals surface area contributed by atoms with E-state index in [4.69, 9.17) is 4.98 Å². The van der Waals surface area contributed by atoms with Crippen molar-refractivity contribution in [3.8, 4) is 0 Å². The molecule has 0 radical (unpaired) electrons. The third kappa shape index (κ3) is 3.26. The molecule has 3 aromatic heterocycles. The predicted octanol–water partition coefficient (Wildman–Crippen LogP) is 3.77. The molecule has 1 N–H and O–H groups in total. The maximum atomic E-state index is 12.3. The molecular weight excluding hydrogens is 338 g/mol. The number of anilines is 1. The highest BCUT2D eigenvalue weighted by atomic mass is 16.1. The third-order valence-electron chi connectivity index (χ3n) is 4.80. The van der Waals surface area contributed by atoms with Crippen molar-refractivity contribution < 1.29 is 4.79 Å². The van der Waals surface area contributed by atoms with Gasteiger partial charge >= 0.3 is 0 Å². The van der Waals surface area contributed by atoms with E-state index in [1.807, 2.05) is 61.7 Å². The Balaban J connectivity index is 1.57. The van der Waals surface area contributed by atoms with Crippen molar-refractivity contribution in [1.29, 1.82) is 0 Å². The number of fused-ring (bicyclic) bond motifs is 3. The average molecular weight is 359 g/mol. The molecule has 3 heterocycles. The summed E-state index contributed by atoms with van der Waals surface area (Å²) >= 11 is 0. The second-order valence-electron chi connectivity index (χ2n) is 6.78.